The van der Waals surface area contributed by atoms with E-state index in [4.69, 9.17) is 0 Å². The zero-order chi connectivity index (χ0) is 13.8. The molecule has 0 aromatic carbocycles. The van der Waals surface area contributed by atoms with Gasteiger partial charge in [-0.3, -0.25) is 4.79 Å². The van der Waals surface area contributed by atoms with Gasteiger partial charge in [-0.25, -0.2) is 0 Å². The number of hydrogen-bond donors (Lipinski definition) is 2. The minimum atomic E-state index is 0.214. The molecule has 3 nitrogen and oxygen atoms in total. The van der Waals surface area contributed by atoms with Crippen molar-refractivity contribution in [1.29, 1.82) is 0 Å². The predicted molar refractivity (Wildman–Crippen MR) is 76.4 cm³/mol. The third-order valence-corrected chi connectivity index (χ3v) is 3.69. The molecule has 1 aliphatic rings. The van der Waals surface area contributed by atoms with E-state index >= 15 is 0 Å². The Morgan fingerprint density at radius 3 is 2.56 bits per heavy atom. The molecule has 1 fully saturated rings. The zero-order valence-electron chi connectivity index (χ0n) is 12.7. The van der Waals surface area contributed by atoms with Crippen molar-refractivity contribution in [2.75, 3.05) is 13.1 Å². The normalized spacial score (nSPS) is 23.7. The molecule has 1 amide bonds. The summed E-state index contributed by atoms with van der Waals surface area (Å²) in [4.78, 5) is 12.0. The average Bonchev–Trinajstić information content (AvgIpc) is 2.65. The van der Waals surface area contributed by atoms with Crippen LogP contribution < -0.4 is 10.6 Å². The molecule has 1 saturated heterocycles. The first-order valence-electron chi connectivity index (χ1n) is 7.28. The molecule has 1 heterocycles. The summed E-state index contributed by atoms with van der Waals surface area (Å²) in [5, 5.41) is 6.51. The molecule has 0 aliphatic carbocycles. The zero-order valence-corrected chi connectivity index (χ0v) is 12.7. The second-order valence-electron chi connectivity index (χ2n) is 7.18. The van der Waals surface area contributed by atoms with Crippen LogP contribution in [0.3, 0.4) is 0 Å². The van der Waals surface area contributed by atoms with Crippen LogP contribution in [0, 0.1) is 17.3 Å². The van der Waals surface area contributed by atoms with Gasteiger partial charge in [0.15, 0.2) is 0 Å². The molecule has 1 rings (SSSR count). The lowest BCUT2D eigenvalue weighted by Crippen LogP contribution is -2.39. The van der Waals surface area contributed by atoms with Gasteiger partial charge >= 0.3 is 0 Å². The van der Waals surface area contributed by atoms with E-state index in [1.54, 1.807) is 0 Å². The highest BCUT2D eigenvalue weighted by Gasteiger charge is 2.23. The minimum Gasteiger partial charge on any atom is -0.353 e. The second-order valence-corrected chi connectivity index (χ2v) is 7.18. The first-order chi connectivity index (χ1) is 8.28. The van der Waals surface area contributed by atoms with Crippen molar-refractivity contribution in [3.63, 3.8) is 0 Å². The summed E-state index contributed by atoms with van der Waals surface area (Å²) >= 11 is 0. The molecular weight excluding hydrogens is 224 g/mol. The molecule has 3 heteroatoms. The van der Waals surface area contributed by atoms with Gasteiger partial charge in [-0.15, -0.1) is 0 Å². The Bertz CT molecular complexity index is 264. The SMILES string of the molecule is CC(CC(=O)NC(C)C1CCNC1)CC(C)(C)C. The quantitative estimate of drug-likeness (QED) is 0.791. The van der Waals surface area contributed by atoms with Crippen molar-refractivity contribution in [3.8, 4) is 0 Å². The van der Waals surface area contributed by atoms with Gasteiger partial charge in [0.05, 0.1) is 0 Å². The molecule has 3 unspecified atom stereocenters. The maximum atomic E-state index is 12.0. The van der Waals surface area contributed by atoms with Crippen LogP contribution in [-0.2, 0) is 4.79 Å². The van der Waals surface area contributed by atoms with E-state index in [9.17, 15) is 4.79 Å². The van der Waals surface area contributed by atoms with E-state index in [0.717, 1.165) is 19.5 Å². The van der Waals surface area contributed by atoms with Gasteiger partial charge in [0.1, 0.15) is 0 Å². The molecule has 0 saturated carbocycles. The molecule has 0 aromatic heterocycles. The van der Waals surface area contributed by atoms with Gasteiger partial charge in [0.2, 0.25) is 5.91 Å². The van der Waals surface area contributed by atoms with Gasteiger partial charge in [0.25, 0.3) is 0 Å². The average molecular weight is 254 g/mol. The largest absolute Gasteiger partial charge is 0.353 e. The summed E-state index contributed by atoms with van der Waals surface area (Å²) in [5.41, 5.74) is 0.306. The highest BCUT2D eigenvalue weighted by atomic mass is 16.1. The molecule has 2 N–H and O–H groups in total. The Hall–Kier alpha value is -0.570. The highest BCUT2D eigenvalue weighted by molar-refractivity contribution is 5.76. The van der Waals surface area contributed by atoms with Gasteiger partial charge in [0, 0.05) is 12.5 Å². The maximum absolute atomic E-state index is 12.0. The summed E-state index contributed by atoms with van der Waals surface area (Å²) in [5.74, 6) is 1.27. The third kappa shape index (κ3) is 5.85. The molecule has 0 spiro atoms. The van der Waals surface area contributed by atoms with Gasteiger partial charge in [-0.1, -0.05) is 27.7 Å². The van der Waals surface area contributed by atoms with Crippen LogP contribution in [-0.4, -0.2) is 25.0 Å². The summed E-state index contributed by atoms with van der Waals surface area (Å²) in [6.07, 6.45) is 2.93. The lowest BCUT2D eigenvalue weighted by Gasteiger charge is -2.24. The fraction of sp³-hybridized carbons (Fsp3) is 0.933. The summed E-state index contributed by atoms with van der Waals surface area (Å²) < 4.78 is 0. The van der Waals surface area contributed by atoms with Gasteiger partial charge in [-0.2, -0.15) is 0 Å². The molecule has 1 aliphatic heterocycles. The van der Waals surface area contributed by atoms with Crippen LogP contribution in [0.5, 0.6) is 0 Å². The van der Waals surface area contributed by atoms with E-state index in [-0.39, 0.29) is 5.91 Å². The molecule has 0 aromatic rings. The first-order valence-corrected chi connectivity index (χ1v) is 7.28. The number of amides is 1. The van der Waals surface area contributed by atoms with Crippen LogP contribution in [0.25, 0.3) is 0 Å². The number of hydrogen-bond acceptors (Lipinski definition) is 2. The smallest absolute Gasteiger partial charge is 0.220 e. The van der Waals surface area contributed by atoms with Crippen molar-refractivity contribution >= 4 is 5.91 Å². The van der Waals surface area contributed by atoms with Crippen LogP contribution in [0.4, 0.5) is 0 Å². The lowest BCUT2D eigenvalue weighted by molar-refractivity contribution is -0.123. The fourth-order valence-corrected chi connectivity index (χ4v) is 2.97. The molecule has 0 bridgehead atoms. The first kappa shape index (κ1) is 15.5. The molecule has 0 radical (unpaired) electrons. The summed E-state index contributed by atoms with van der Waals surface area (Å²) in [6.45, 7) is 13.1. The monoisotopic (exact) mass is 254 g/mol. The van der Waals surface area contributed by atoms with Crippen molar-refractivity contribution in [3.05, 3.63) is 0 Å². The molecule has 18 heavy (non-hydrogen) atoms. The van der Waals surface area contributed by atoms with E-state index in [1.165, 1.54) is 6.42 Å². The number of carbonyl (C=O) groups excluding carboxylic acids is 1. The Balaban J connectivity index is 2.27. The topological polar surface area (TPSA) is 41.1 Å². The number of carbonyl (C=O) groups is 1. The molecule has 3 atom stereocenters. The van der Waals surface area contributed by atoms with E-state index < -0.39 is 0 Å². The molecule has 106 valence electrons. The standard InChI is InChI=1S/C15H30N2O/c1-11(9-15(3,4)5)8-14(18)17-12(2)13-6-7-16-10-13/h11-13,16H,6-10H2,1-5H3,(H,17,18). The minimum absolute atomic E-state index is 0.214. The van der Waals surface area contributed by atoms with E-state index in [1.807, 2.05) is 0 Å². The lowest BCUT2D eigenvalue weighted by atomic mass is 9.84. The van der Waals surface area contributed by atoms with E-state index in [2.05, 4.69) is 45.3 Å². The van der Waals surface area contributed by atoms with Gasteiger partial charge in [-0.05, 0) is 50.1 Å². The Morgan fingerprint density at radius 2 is 2.06 bits per heavy atom. The fourth-order valence-electron chi connectivity index (χ4n) is 2.97. The van der Waals surface area contributed by atoms with Crippen molar-refractivity contribution in [1.82, 2.24) is 10.6 Å². The van der Waals surface area contributed by atoms with Crippen LogP contribution in [0.2, 0.25) is 0 Å². The van der Waals surface area contributed by atoms with Crippen molar-refractivity contribution in [2.24, 2.45) is 17.3 Å². The van der Waals surface area contributed by atoms with Crippen molar-refractivity contribution < 1.29 is 4.79 Å². The summed E-state index contributed by atoms with van der Waals surface area (Å²) in [6, 6.07) is 0.300. The predicted octanol–water partition coefficient (Wildman–Crippen LogP) is 2.56. The van der Waals surface area contributed by atoms with E-state index in [0.29, 0.717) is 29.7 Å². The van der Waals surface area contributed by atoms with Crippen LogP contribution >= 0.6 is 0 Å². The van der Waals surface area contributed by atoms with Crippen LogP contribution in [0.15, 0.2) is 0 Å². The van der Waals surface area contributed by atoms with Crippen LogP contribution in [0.1, 0.15) is 53.9 Å². The van der Waals surface area contributed by atoms with Crippen molar-refractivity contribution in [2.45, 2.75) is 59.9 Å². The highest BCUT2D eigenvalue weighted by Crippen LogP contribution is 2.25. The Kier molecular flexibility index (Phi) is 5.64. The maximum Gasteiger partial charge on any atom is 0.220 e. The molecular formula is C15H30N2O. The Morgan fingerprint density at radius 1 is 1.39 bits per heavy atom. The van der Waals surface area contributed by atoms with Gasteiger partial charge < -0.3 is 10.6 Å². The second kappa shape index (κ2) is 6.55. The number of nitrogens with one attached hydrogen (secondary N) is 2. The summed E-state index contributed by atoms with van der Waals surface area (Å²) in [7, 11) is 0. The Labute approximate surface area is 112 Å². The number of rotatable bonds is 5. The third-order valence-electron chi connectivity index (χ3n) is 3.69.